The summed E-state index contributed by atoms with van der Waals surface area (Å²) in [5, 5.41) is 10.3. The molecule has 0 fully saturated rings. The number of nitriles is 1. The number of hydrogen-bond acceptors (Lipinski definition) is 4. The third-order valence-corrected chi connectivity index (χ3v) is 10.4. The van der Waals surface area contributed by atoms with Crippen LogP contribution in [-0.4, -0.2) is 15.0 Å². The van der Waals surface area contributed by atoms with E-state index in [0.29, 0.717) is 23.0 Å². The third-order valence-electron chi connectivity index (χ3n) is 10.4. The van der Waals surface area contributed by atoms with Gasteiger partial charge < -0.3 is 0 Å². The molecule has 2 aliphatic rings. The standard InChI is InChI=1S/C47H28N4/c48-29-34-17-11-23-40-42(34)35-18-7-9-21-38(35)47(40)39-22-10-8-19-36(39)43-37(20-12-24-41(43)47)46-50-44(32-15-5-2-6-16-32)49-45(51-46)33-27-25-31(26-28-33)30-13-3-1-4-14-30/h1-28H. The first-order valence-electron chi connectivity index (χ1n) is 17.1. The Balaban J connectivity index is 1.23. The fourth-order valence-corrected chi connectivity index (χ4v) is 8.30. The molecule has 1 atom stereocenters. The van der Waals surface area contributed by atoms with E-state index in [2.05, 4.69) is 127 Å². The van der Waals surface area contributed by atoms with Gasteiger partial charge >= 0.3 is 0 Å². The number of fused-ring (bicyclic) bond motifs is 10. The molecule has 1 aromatic heterocycles. The van der Waals surface area contributed by atoms with E-state index in [1.54, 1.807) is 0 Å². The lowest BCUT2D eigenvalue weighted by Gasteiger charge is -2.30. The fourth-order valence-electron chi connectivity index (χ4n) is 8.30. The number of nitrogens with zero attached hydrogens (tertiary/aromatic N) is 4. The molecule has 236 valence electrons. The molecule has 0 saturated heterocycles. The largest absolute Gasteiger partial charge is 0.208 e. The van der Waals surface area contributed by atoms with Gasteiger partial charge in [0.25, 0.3) is 0 Å². The molecule has 0 bridgehead atoms. The van der Waals surface area contributed by atoms with Gasteiger partial charge in [-0.1, -0.05) is 164 Å². The summed E-state index contributed by atoms with van der Waals surface area (Å²) in [4.78, 5) is 15.4. The molecular weight excluding hydrogens is 621 g/mol. The summed E-state index contributed by atoms with van der Waals surface area (Å²) >= 11 is 0. The highest BCUT2D eigenvalue weighted by Gasteiger charge is 2.52. The molecule has 4 heteroatoms. The Labute approximate surface area is 296 Å². The average Bonchev–Trinajstić information content (AvgIpc) is 3.69. The summed E-state index contributed by atoms with van der Waals surface area (Å²) in [6.07, 6.45) is 0. The highest BCUT2D eigenvalue weighted by molar-refractivity contribution is 6.00. The Morgan fingerprint density at radius 2 is 0.784 bits per heavy atom. The van der Waals surface area contributed by atoms with Crippen molar-refractivity contribution in [3.05, 3.63) is 198 Å². The highest BCUT2D eigenvalue weighted by atomic mass is 15.0. The van der Waals surface area contributed by atoms with E-state index in [0.717, 1.165) is 61.2 Å². The maximum atomic E-state index is 10.3. The first-order chi connectivity index (χ1) is 25.3. The van der Waals surface area contributed by atoms with Crippen LogP contribution in [0.3, 0.4) is 0 Å². The van der Waals surface area contributed by atoms with E-state index in [-0.39, 0.29) is 0 Å². The topological polar surface area (TPSA) is 62.5 Å². The minimum atomic E-state index is -0.591. The molecule has 0 saturated carbocycles. The van der Waals surface area contributed by atoms with Crippen molar-refractivity contribution in [1.29, 1.82) is 5.26 Å². The van der Waals surface area contributed by atoms with E-state index >= 15 is 0 Å². The van der Waals surface area contributed by atoms with Gasteiger partial charge in [0.15, 0.2) is 17.5 Å². The van der Waals surface area contributed by atoms with E-state index in [1.807, 2.05) is 48.5 Å². The molecular formula is C47H28N4. The summed E-state index contributed by atoms with van der Waals surface area (Å²) in [6, 6.07) is 61.3. The first kappa shape index (κ1) is 29.0. The SMILES string of the molecule is N#Cc1cccc2c1-c1ccccc1C21c2ccccc2-c2c(-c3nc(-c4ccccc4)nc(-c4ccc(-c5ccccc5)cc4)n3)cccc21. The second-order valence-electron chi connectivity index (χ2n) is 13.0. The van der Waals surface area contributed by atoms with E-state index in [9.17, 15) is 5.26 Å². The number of benzene rings is 7. The summed E-state index contributed by atoms with van der Waals surface area (Å²) < 4.78 is 0. The molecule has 10 rings (SSSR count). The van der Waals surface area contributed by atoms with Crippen molar-refractivity contribution >= 4 is 0 Å². The van der Waals surface area contributed by atoms with Crippen LogP contribution in [0.1, 0.15) is 27.8 Å². The van der Waals surface area contributed by atoms with Crippen LogP contribution in [0.25, 0.3) is 67.5 Å². The van der Waals surface area contributed by atoms with Crippen molar-refractivity contribution in [2.75, 3.05) is 0 Å². The molecule has 1 heterocycles. The average molecular weight is 649 g/mol. The molecule has 0 radical (unpaired) electrons. The third kappa shape index (κ3) is 4.22. The van der Waals surface area contributed by atoms with Crippen LogP contribution >= 0.6 is 0 Å². The lowest BCUT2D eigenvalue weighted by molar-refractivity contribution is 0.793. The monoisotopic (exact) mass is 648 g/mol. The molecule has 1 spiro atoms. The van der Waals surface area contributed by atoms with Gasteiger partial charge in [0, 0.05) is 22.3 Å². The van der Waals surface area contributed by atoms with Crippen LogP contribution in [0.2, 0.25) is 0 Å². The molecule has 0 amide bonds. The van der Waals surface area contributed by atoms with E-state index in [1.165, 1.54) is 11.1 Å². The maximum Gasteiger partial charge on any atom is 0.164 e. The van der Waals surface area contributed by atoms with Crippen LogP contribution in [0.15, 0.2) is 170 Å². The summed E-state index contributed by atoms with van der Waals surface area (Å²) in [7, 11) is 0. The van der Waals surface area contributed by atoms with Crippen LogP contribution < -0.4 is 0 Å². The van der Waals surface area contributed by atoms with Gasteiger partial charge in [-0.05, 0) is 56.1 Å². The Morgan fingerprint density at radius 1 is 0.353 bits per heavy atom. The molecule has 7 aromatic carbocycles. The highest BCUT2D eigenvalue weighted by Crippen LogP contribution is 2.64. The maximum absolute atomic E-state index is 10.3. The van der Waals surface area contributed by atoms with Gasteiger partial charge in [-0.2, -0.15) is 5.26 Å². The van der Waals surface area contributed by atoms with Gasteiger partial charge in [-0.3, -0.25) is 0 Å². The Morgan fingerprint density at radius 3 is 1.43 bits per heavy atom. The van der Waals surface area contributed by atoms with Gasteiger partial charge in [-0.15, -0.1) is 0 Å². The van der Waals surface area contributed by atoms with Crippen LogP contribution in [-0.2, 0) is 5.41 Å². The van der Waals surface area contributed by atoms with Crippen LogP contribution in [0.4, 0.5) is 0 Å². The molecule has 0 aliphatic heterocycles. The van der Waals surface area contributed by atoms with Crippen LogP contribution in [0.5, 0.6) is 0 Å². The van der Waals surface area contributed by atoms with Crippen molar-refractivity contribution < 1.29 is 0 Å². The normalized spacial score (nSPS) is 14.7. The number of hydrogen-bond donors (Lipinski definition) is 0. The van der Waals surface area contributed by atoms with E-state index < -0.39 is 5.41 Å². The quantitative estimate of drug-likeness (QED) is 0.191. The second kappa shape index (κ2) is 11.3. The van der Waals surface area contributed by atoms with E-state index in [4.69, 9.17) is 15.0 Å². The van der Waals surface area contributed by atoms with Crippen molar-refractivity contribution in [2.24, 2.45) is 0 Å². The summed E-state index contributed by atoms with van der Waals surface area (Å²) in [6.45, 7) is 0. The smallest absolute Gasteiger partial charge is 0.164 e. The predicted octanol–water partition coefficient (Wildman–Crippen LogP) is 10.8. The minimum absolute atomic E-state index is 0.591. The summed E-state index contributed by atoms with van der Waals surface area (Å²) in [5.41, 5.74) is 14.2. The molecule has 51 heavy (non-hydrogen) atoms. The molecule has 0 N–H and O–H groups in total. The van der Waals surface area contributed by atoms with Crippen molar-refractivity contribution in [3.8, 4) is 73.6 Å². The molecule has 2 aliphatic carbocycles. The zero-order valence-corrected chi connectivity index (χ0v) is 27.5. The minimum Gasteiger partial charge on any atom is -0.208 e. The Hall–Kier alpha value is -6.96. The predicted molar refractivity (Wildman–Crippen MR) is 203 cm³/mol. The van der Waals surface area contributed by atoms with Crippen LogP contribution in [0, 0.1) is 11.3 Å². The van der Waals surface area contributed by atoms with Gasteiger partial charge in [-0.25, -0.2) is 15.0 Å². The number of aromatic nitrogens is 3. The first-order valence-corrected chi connectivity index (χ1v) is 17.1. The molecule has 8 aromatic rings. The Kier molecular flexibility index (Phi) is 6.43. The van der Waals surface area contributed by atoms with Gasteiger partial charge in [0.1, 0.15) is 0 Å². The lowest BCUT2D eigenvalue weighted by Crippen LogP contribution is -2.25. The fraction of sp³-hybridized carbons (Fsp3) is 0.0213. The number of rotatable bonds is 4. The lowest BCUT2D eigenvalue weighted by atomic mass is 9.70. The summed E-state index contributed by atoms with van der Waals surface area (Å²) in [5.74, 6) is 1.86. The molecule has 4 nitrogen and oxygen atoms in total. The van der Waals surface area contributed by atoms with Gasteiger partial charge in [0.05, 0.1) is 17.0 Å². The second-order valence-corrected chi connectivity index (χ2v) is 13.0. The van der Waals surface area contributed by atoms with Crippen molar-refractivity contribution in [2.45, 2.75) is 5.41 Å². The molecule has 1 unspecified atom stereocenters. The zero-order valence-electron chi connectivity index (χ0n) is 27.5. The zero-order chi connectivity index (χ0) is 33.9. The van der Waals surface area contributed by atoms with Crippen molar-refractivity contribution in [1.82, 2.24) is 15.0 Å². The van der Waals surface area contributed by atoms with Crippen molar-refractivity contribution in [3.63, 3.8) is 0 Å². The Bertz CT molecular complexity index is 2690. The van der Waals surface area contributed by atoms with Gasteiger partial charge in [0.2, 0.25) is 0 Å².